The van der Waals surface area contributed by atoms with Crippen molar-refractivity contribution in [1.29, 1.82) is 5.26 Å². The van der Waals surface area contributed by atoms with Gasteiger partial charge in [0, 0.05) is 43.9 Å². The lowest BCUT2D eigenvalue weighted by molar-refractivity contribution is 0.0555. The lowest BCUT2D eigenvalue weighted by Gasteiger charge is -2.35. The normalized spacial score (nSPS) is 16.1. The van der Waals surface area contributed by atoms with Crippen LogP contribution in [0, 0.1) is 11.3 Å². The van der Waals surface area contributed by atoms with Gasteiger partial charge in [-0.05, 0) is 24.6 Å². The van der Waals surface area contributed by atoms with Gasteiger partial charge in [-0.2, -0.15) is 5.26 Å². The molecule has 1 atom stereocenters. The summed E-state index contributed by atoms with van der Waals surface area (Å²) in [7, 11) is 0. The van der Waals surface area contributed by atoms with E-state index in [1.807, 2.05) is 47.4 Å². The van der Waals surface area contributed by atoms with E-state index in [1.165, 1.54) is 0 Å². The maximum atomic E-state index is 13.1. The van der Waals surface area contributed by atoms with E-state index in [2.05, 4.69) is 11.0 Å². The second-order valence-corrected chi connectivity index (χ2v) is 6.64. The molecule has 134 valence electrons. The minimum Gasteiger partial charge on any atom is -0.392 e. The van der Waals surface area contributed by atoms with Gasteiger partial charge in [-0.1, -0.05) is 36.4 Å². The number of hydrogen-bond donors (Lipinski definition) is 1. The summed E-state index contributed by atoms with van der Waals surface area (Å²) in [4.78, 5) is 17.1. The van der Waals surface area contributed by atoms with Crippen LogP contribution in [0.4, 0.5) is 0 Å². The van der Waals surface area contributed by atoms with Crippen molar-refractivity contribution in [2.75, 3.05) is 32.7 Å². The highest BCUT2D eigenvalue weighted by atomic mass is 16.3. The number of aliphatic hydroxyl groups is 1. The molecule has 5 heteroatoms. The number of aliphatic hydroxyl groups excluding tert-OH is 1. The molecule has 0 saturated carbocycles. The topological polar surface area (TPSA) is 67.6 Å². The molecule has 1 unspecified atom stereocenters. The predicted octanol–water partition coefficient (Wildman–Crippen LogP) is 2.36. The van der Waals surface area contributed by atoms with E-state index < -0.39 is 0 Å². The van der Waals surface area contributed by atoms with E-state index in [9.17, 15) is 15.2 Å². The molecule has 1 aliphatic rings. The van der Waals surface area contributed by atoms with Crippen molar-refractivity contribution in [1.82, 2.24) is 9.80 Å². The minimum absolute atomic E-state index is 0.00922. The summed E-state index contributed by atoms with van der Waals surface area (Å²) in [5.74, 6) is -0.00922. The zero-order valence-corrected chi connectivity index (χ0v) is 14.9. The molecule has 5 nitrogen and oxygen atoms in total. The smallest absolute Gasteiger partial charge is 0.254 e. The number of benzene rings is 2. The van der Waals surface area contributed by atoms with Crippen LogP contribution in [0.2, 0.25) is 0 Å². The quantitative estimate of drug-likeness (QED) is 0.920. The second-order valence-electron chi connectivity index (χ2n) is 6.64. The SMILES string of the molecule is CC(O)CN1CCN(C(=O)c2ccccc2-c2ccccc2C#N)CC1. The second kappa shape index (κ2) is 8.13. The van der Waals surface area contributed by atoms with E-state index in [0.717, 1.165) is 24.2 Å². The molecule has 0 radical (unpaired) electrons. The first-order valence-electron chi connectivity index (χ1n) is 8.88. The molecule has 1 saturated heterocycles. The Bertz CT molecular complexity index is 818. The Kier molecular flexibility index (Phi) is 5.67. The number of β-amino-alcohol motifs (C(OH)–C–C–N with tert-alkyl or cyclic N) is 1. The fraction of sp³-hybridized carbons (Fsp3) is 0.333. The van der Waals surface area contributed by atoms with Crippen molar-refractivity contribution in [3.63, 3.8) is 0 Å². The molecular formula is C21H23N3O2. The third kappa shape index (κ3) is 3.93. The Morgan fingerprint density at radius 1 is 1.08 bits per heavy atom. The third-order valence-corrected chi connectivity index (χ3v) is 4.68. The molecule has 0 spiro atoms. The molecule has 1 N–H and O–H groups in total. The highest BCUT2D eigenvalue weighted by Crippen LogP contribution is 2.28. The van der Waals surface area contributed by atoms with Crippen molar-refractivity contribution in [2.24, 2.45) is 0 Å². The zero-order chi connectivity index (χ0) is 18.5. The van der Waals surface area contributed by atoms with E-state index in [1.54, 1.807) is 13.0 Å². The van der Waals surface area contributed by atoms with Crippen molar-refractivity contribution < 1.29 is 9.90 Å². The van der Waals surface area contributed by atoms with Gasteiger partial charge in [0.15, 0.2) is 0 Å². The van der Waals surface area contributed by atoms with Crippen LogP contribution in [0.25, 0.3) is 11.1 Å². The predicted molar refractivity (Wildman–Crippen MR) is 101 cm³/mol. The molecule has 1 fully saturated rings. The van der Waals surface area contributed by atoms with Crippen LogP contribution >= 0.6 is 0 Å². The zero-order valence-electron chi connectivity index (χ0n) is 14.9. The van der Waals surface area contributed by atoms with Gasteiger partial charge in [0.2, 0.25) is 0 Å². The van der Waals surface area contributed by atoms with Crippen molar-refractivity contribution >= 4 is 5.91 Å². The average Bonchev–Trinajstić information content (AvgIpc) is 2.67. The fourth-order valence-electron chi connectivity index (χ4n) is 3.40. The summed E-state index contributed by atoms with van der Waals surface area (Å²) < 4.78 is 0. The molecular weight excluding hydrogens is 326 g/mol. The number of nitrogens with zero attached hydrogens (tertiary/aromatic N) is 3. The molecule has 0 bridgehead atoms. The third-order valence-electron chi connectivity index (χ3n) is 4.68. The molecule has 1 amide bonds. The minimum atomic E-state index is -0.361. The summed E-state index contributed by atoms with van der Waals surface area (Å²) in [6, 6.07) is 17.0. The molecule has 2 aromatic rings. The maximum absolute atomic E-state index is 13.1. The van der Waals surface area contributed by atoms with Gasteiger partial charge in [0.25, 0.3) is 5.91 Å². The number of carbonyl (C=O) groups excluding carboxylic acids is 1. The highest BCUT2D eigenvalue weighted by molar-refractivity contribution is 6.01. The van der Waals surface area contributed by atoms with Gasteiger partial charge in [0.05, 0.1) is 17.7 Å². The summed E-state index contributed by atoms with van der Waals surface area (Å²) in [5.41, 5.74) is 2.77. The van der Waals surface area contributed by atoms with Crippen LogP contribution in [0.15, 0.2) is 48.5 Å². The number of carbonyl (C=O) groups is 1. The van der Waals surface area contributed by atoms with Gasteiger partial charge in [0.1, 0.15) is 0 Å². The lowest BCUT2D eigenvalue weighted by Crippen LogP contribution is -2.50. The van der Waals surface area contributed by atoms with Crippen LogP contribution in [0.3, 0.4) is 0 Å². The molecule has 0 aromatic heterocycles. The van der Waals surface area contributed by atoms with Crippen LogP contribution in [-0.4, -0.2) is 59.6 Å². The van der Waals surface area contributed by atoms with Gasteiger partial charge in [-0.25, -0.2) is 0 Å². The molecule has 1 aliphatic heterocycles. The van der Waals surface area contributed by atoms with Gasteiger partial charge >= 0.3 is 0 Å². The van der Waals surface area contributed by atoms with Crippen molar-refractivity contribution in [2.45, 2.75) is 13.0 Å². The molecule has 3 rings (SSSR count). The molecule has 26 heavy (non-hydrogen) atoms. The van der Waals surface area contributed by atoms with E-state index >= 15 is 0 Å². The van der Waals surface area contributed by atoms with Crippen LogP contribution in [0.5, 0.6) is 0 Å². The summed E-state index contributed by atoms with van der Waals surface area (Å²) in [6.45, 7) is 5.20. The number of nitriles is 1. The molecule has 1 heterocycles. The van der Waals surface area contributed by atoms with Gasteiger partial charge < -0.3 is 10.0 Å². The lowest BCUT2D eigenvalue weighted by atomic mass is 9.95. The van der Waals surface area contributed by atoms with E-state index in [4.69, 9.17) is 0 Å². The Hall–Kier alpha value is -2.68. The monoisotopic (exact) mass is 349 g/mol. The Labute approximate surface area is 154 Å². The van der Waals surface area contributed by atoms with Crippen LogP contribution in [-0.2, 0) is 0 Å². The first-order chi connectivity index (χ1) is 12.6. The summed E-state index contributed by atoms with van der Waals surface area (Å²) in [5, 5.41) is 18.9. The van der Waals surface area contributed by atoms with Crippen molar-refractivity contribution in [3.8, 4) is 17.2 Å². The largest absolute Gasteiger partial charge is 0.392 e. The number of amides is 1. The number of piperazine rings is 1. The van der Waals surface area contributed by atoms with Crippen LogP contribution < -0.4 is 0 Å². The van der Waals surface area contributed by atoms with Gasteiger partial charge in [-0.3, -0.25) is 9.69 Å². The Morgan fingerprint density at radius 3 is 2.35 bits per heavy atom. The highest BCUT2D eigenvalue weighted by Gasteiger charge is 2.24. The summed E-state index contributed by atoms with van der Waals surface area (Å²) in [6.07, 6.45) is -0.361. The first-order valence-corrected chi connectivity index (χ1v) is 8.88. The standard InChI is InChI=1S/C21H23N3O2/c1-16(25)15-23-10-12-24(13-11-23)21(26)20-9-5-4-8-19(20)18-7-3-2-6-17(18)14-22/h2-9,16,25H,10-13,15H2,1H3. The molecule has 0 aliphatic carbocycles. The summed E-state index contributed by atoms with van der Waals surface area (Å²) >= 11 is 0. The Morgan fingerprint density at radius 2 is 1.69 bits per heavy atom. The van der Waals surface area contributed by atoms with Gasteiger partial charge in [-0.15, -0.1) is 0 Å². The molecule has 2 aromatic carbocycles. The van der Waals surface area contributed by atoms with Crippen LogP contribution in [0.1, 0.15) is 22.8 Å². The number of hydrogen-bond acceptors (Lipinski definition) is 4. The van der Waals surface area contributed by atoms with E-state index in [0.29, 0.717) is 30.8 Å². The fourth-order valence-corrected chi connectivity index (χ4v) is 3.40. The van der Waals surface area contributed by atoms with E-state index in [-0.39, 0.29) is 12.0 Å². The first kappa shape index (κ1) is 18.1. The Balaban J connectivity index is 1.83. The van der Waals surface area contributed by atoms with Crippen molar-refractivity contribution in [3.05, 3.63) is 59.7 Å². The maximum Gasteiger partial charge on any atom is 0.254 e. The number of rotatable bonds is 4. The average molecular weight is 349 g/mol.